The van der Waals surface area contributed by atoms with Crippen LogP contribution in [-0.4, -0.2) is 11.6 Å². The Morgan fingerprint density at radius 2 is 2.17 bits per heavy atom. The van der Waals surface area contributed by atoms with Gasteiger partial charge < -0.3 is 5.32 Å². The van der Waals surface area contributed by atoms with E-state index >= 15 is 0 Å². The van der Waals surface area contributed by atoms with Gasteiger partial charge in [0, 0.05) is 5.69 Å². The summed E-state index contributed by atoms with van der Waals surface area (Å²) in [6.07, 6.45) is 0.136. The highest BCUT2D eigenvalue weighted by Gasteiger charge is 2.20. The molecule has 1 aliphatic heterocycles. The predicted octanol–water partition coefficient (Wildman–Crippen LogP) is 1.14. The molecule has 0 atom stereocenters. The Morgan fingerprint density at radius 1 is 1.44 bits per heavy atom. The number of rotatable bonds is 2. The van der Waals surface area contributed by atoms with Crippen LogP contribution < -0.4 is 10.7 Å². The number of hydrogen-bond acceptors (Lipinski definition) is 5. The van der Waals surface area contributed by atoms with E-state index in [1.165, 1.54) is 24.3 Å². The average molecular weight is 243 g/mol. The quantitative estimate of drug-likeness (QED) is 0.600. The molecule has 0 saturated carbocycles. The van der Waals surface area contributed by atoms with Gasteiger partial charge >= 0.3 is 0 Å². The number of carbonyl (C=O) groups is 1. The Bertz CT molecular complexity index is 622. The maximum absolute atomic E-state index is 13.6. The normalized spacial score (nSPS) is 11.8. The van der Waals surface area contributed by atoms with E-state index in [0.29, 0.717) is 11.3 Å². The Kier molecular flexibility index (Phi) is 2.90. The van der Waals surface area contributed by atoms with Gasteiger partial charge in [-0.2, -0.15) is 15.6 Å². The van der Waals surface area contributed by atoms with Crippen LogP contribution in [0.15, 0.2) is 17.2 Å². The van der Waals surface area contributed by atoms with Crippen LogP contribution in [0.1, 0.15) is 5.56 Å². The highest BCUT2D eigenvalue weighted by molar-refractivity contribution is 6.10. The van der Waals surface area contributed by atoms with Crippen molar-refractivity contribution in [2.45, 2.75) is 6.42 Å². The third-order valence-electron chi connectivity index (χ3n) is 2.32. The highest BCUT2D eigenvalue weighted by Crippen LogP contribution is 2.28. The van der Waals surface area contributed by atoms with Gasteiger partial charge in [0.05, 0.1) is 12.1 Å². The van der Waals surface area contributed by atoms with E-state index in [2.05, 4.69) is 15.8 Å². The van der Waals surface area contributed by atoms with Gasteiger partial charge in [0.2, 0.25) is 11.6 Å². The van der Waals surface area contributed by atoms with Crippen molar-refractivity contribution in [3.05, 3.63) is 23.5 Å². The zero-order valence-corrected chi connectivity index (χ0v) is 8.99. The van der Waals surface area contributed by atoms with Gasteiger partial charge in [-0.25, -0.2) is 4.39 Å². The minimum Gasteiger partial charge on any atom is -0.325 e. The number of benzene rings is 1. The molecule has 2 rings (SSSR count). The molecule has 88 valence electrons. The molecule has 6 nitrogen and oxygen atoms in total. The van der Waals surface area contributed by atoms with Crippen LogP contribution in [0, 0.1) is 28.5 Å². The monoisotopic (exact) mass is 243 g/mol. The molecule has 2 N–H and O–H groups in total. The largest absolute Gasteiger partial charge is 0.325 e. The summed E-state index contributed by atoms with van der Waals surface area (Å²) in [4.78, 5) is 11.1. The summed E-state index contributed by atoms with van der Waals surface area (Å²) in [7, 11) is 0. The van der Waals surface area contributed by atoms with Crippen LogP contribution in [0.25, 0.3) is 0 Å². The number of carbonyl (C=O) groups excluding carboxylic acids is 1. The van der Waals surface area contributed by atoms with Crippen LogP contribution in [0.2, 0.25) is 0 Å². The standard InChI is InChI=1S/C11H6FN5O/c12-8-1-6-2-11(18)15-9(6)3-10(8)17-16-7(4-13)5-14/h1,3,17H,2H2,(H,15,18). The van der Waals surface area contributed by atoms with Crippen LogP contribution in [0.3, 0.4) is 0 Å². The summed E-state index contributed by atoms with van der Waals surface area (Å²) in [6, 6.07) is 5.65. The van der Waals surface area contributed by atoms with Gasteiger partial charge in [0.1, 0.15) is 18.0 Å². The first kappa shape index (κ1) is 11.6. The van der Waals surface area contributed by atoms with Crippen molar-refractivity contribution in [2.75, 3.05) is 10.7 Å². The van der Waals surface area contributed by atoms with Gasteiger partial charge in [-0.1, -0.05) is 0 Å². The summed E-state index contributed by atoms with van der Waals surface area (Å²) in [5.41, 5.74) is 2.90. The number of anilines is 2. The molecule has 1 aromatic carbocycles. The first-order valence-electron chi connectivity index (χ1n) is 4.90. The van der Waals surface area contributed by atoms with Gasteiger partial charge in [-0.3, -0.25) is 10.2 Å². The summed E-state index contributed by atoms with van der Waals surface area (Å²) in [5.74, 6) is -0.816. The molecule has 0 saturated heterocycles. The number of fused-ring (bicyclic) bond motifs is 1. The smallest absolute Gasteiger partial charge is 0.237 e. The van der Waals surface area contributed by atoms with E-state index in [9.17, 15) is 9.18 Å². The molecule has 0 unspecified atom stereocenters. The fourth-order valence-electron chi connectivity index (χ4n) is 1.52. The molecule has 0 aromatic heterocycles. The summed E-state index contributed by atoms with van der Waals surface area (Å²) < 4.78 is 13.6. The minimum atomic E-state index is -0.607. The van der Waals surface area contributed by atoms with Crippen LogP contribution in [0.5, 0.6) is 0 Å². The maximum atomic E-state index is 13.6. The van der Waals surface area contributed by atoms with Crippen molar-refractivity contribution in [3.8, 4) is 12.1 Å². The zero-order chi connectivity index (χ0) is 13.1. The van der Waals surface area contributed by atoms with Gasteiger partial charge in [0.25, 0.3) is 0 Å². The minimum absolute atomic E-state index is 0.0149. The van der Waals surface area contributed by atoms with Crippen molar-refractivity contribution in [1.29, 1.82) is 10.5 Å². The fraction of sp³-hybridized carbons (Fsp3) is 0.0909. The van der Waals surface area contributed by atoms with Gasteiger partial charge in [-0.05, 0) is 17.7 Å². The molecule has 0 spiro atoms. The maximum Gasteiger partial charge on any atom is 0.237 e. The molecular weight excluding hydrogens is 237 g/mol. The van der Waals surface area contributed by atoms with Crippen molar-refractivity contribution in [3.63, 3.8) is 0 Å². The Hall–Kier alpha value is -2.93. The first-order valence-corrected chi connectivity index (χ1v) is 4.90. The number of nitrogens with zero attached hydrogens (tertiary/aromatic N) is 3. The Labute approximate surface area is 101 Å². The number of hydrogen-bond donors (Lipinski definition) is 2. The van der Waals surface area contributed by atoms with Crippen molar-refractivity contribution in [1.82, 2.24) is 0 Å². The first-order chi connectivity index (χ1) is 8.63. The van der Waals surface area contributed by atoms with Crippen molar-refractivity contribution in [2.24, 2.45) is 5.10 Å². The number of nitrogens with one attached hydrogen (secondary N) is 2. The summed E-state index contributed by atoms with van der Waals surface area (Å²) >= 11 is 0. The third kappa shape index (κ3) is 2.11. The molecule has 1 heterocycles. The lowest BCUT2D eigenvalue weighted by Gasteiger charge is -2.05. The molecule has 0 fully saturated rings. The topological polar surface area (TPSA) is 101 Å². The van der Waals surface area contributed by atoms with E-state index in [1.54, 1.807) is 0 Å². The summed E-state index contributed by atoms with van der Waals surface area (Å²) in [5, 5.41) is 22.9. The lowest BCUT2D eigenvalue weighted by molar-refractivity contribution is -0.115. The second kappa shape index (κ2) is 4.52. The highest BCUT2D eigenvalue weighted by atomic mass is 19.1. The molecule has 1 amide bonds. The van der Waals surface area contributed by atoms with Gasteiger partial charge in [0.15, 0.2) is 0 Å². The number of amides is 1. The van der Waals surface area contributed by atoms with E-state index in [4.69, 9.17) is 10.5 Å². The molecular formula is C11H6FN5O. The molecule has 7 heteroatoms. The van der Waals surface area contributed by atoms with Crippen LogP contribution >= 0.6 is 0 Å². The molecule has 1 aliphatic rings. The third-order valence-corrected chi connectivity index (χ3v) is 2.32. The van der Waals surface area contributed by atoms with E-state index in [-0.39, 0.29) is 18.0 Å². The Balaban J connectivity index is 2.29. The molecule has 1 aromatic rings. The predicted molar refractivity (Wildman–Crippen MR) is 61.0 cm³/mol. The SMILES string of the molecule is N#CC(C#N)=NNc1cc2c(cc1F)CC(=O)N2. The molecule has 0 aliphatic carbocycles. The van der Waals surface area contributed by atoms with E-state index in [0.717, 1.165) is 0 Å². The second-order valence-corrected chi connectivity index (χ2v) is 3.51. The fourth-order valence-corrected chi connectivity index (χ4v) is 1.52. The second-order valence-electron chi connectivity index (χ2n) is 3.51. The molecule has 18 heavy (non-hydrogen) atoms. The Morgan fingerprint density at radius 3 is 2.83 bits per heavy atom. The van der Waals surface area contributed by atoms with Crippen molar-refractivity contribution >= 4 is 23.0 Å². The average Bonchev–Trinajstić information content (AvgIpc) is 2.69. The zero-order valence-electron chi connectivity index (χ0n) is 8.99. The molecule has 0 bridgehead atoms. The van der Waals surface area contributed by atoms with E-state index in [1.807, 2.05) is 0 Å². The molecule has 0 radical (unpaired) electrons. The van der Waals surface area contributed by atoms with Crippen LogP contribution in [-0.2, 0) is 11.2 Å². The summed E-state index contributed by atoms with van der Waals surface area (Å²) in [6.45, 7) is 0. The number of nitriles is 2. The lowest BCUT2D eigenvalue weighted by Crippen LogP contribution is -2.03. The van der Waals surface area contributed by atoms with Gasteiger partial charge in [-0.15, -0.1) is 0 Å². The number of hydrazone groups is 1. The van der Waals surface area contributed by atoms with Crippen LogP contribution in [0.4, 0.5) is 15.8 Å². The lowest BCUT2D eigenvalue weighted by atomic mass is 10.1. The van der Waals surface area contributed by atoms with Crippen molar-refractivity contribution < 1.29 is 9.18 Å². The number of halogens is 1. The van der Waals surface area contributed by atoms with E-state index < -0.39 is 11.5 Å².